The number of ether oxygens (including phenoxy) is 2. The molecule has 44 heavy (non-hydrogen) atoms. The van der Waals surface area contributed by atoms with Crippen molar-refractivity contribution in [2.75, 3.05) is 40.5 Å². The number of hydrogen-bond acceptors (Lipinski definition) is 12. The van der Waals surface area contributed by atoms with Crippen LogP contribution in [0.3, 0.4) is 0 Å². The van der Waals surface area contributed by atoms with Crippen LogP contribution < -0.4 is 20.1 Å². The number of amidine groups is 2. The van der Waals surface area contributed by atoms with E-state index in [-0.39, 0.29) is 37.1 Å². The molecule has 2 aromatic heterocycles. The first-order valence-electron chi connectivity index (χ1n) is 13.7. The Morgan fingerprint density at radius 1 is 0.705 bits per heavy atom. The predicted octanol–water partition coefficient (Wildman–Crippen LogP) is 3.01. The fraction of sp³-hybridized carbons (Fsp3) is 0.267. The van der Waals surface area contributed by atoms with Gasteiger partial charge in [-0.05, 0) is 0 Å². The van der Waals surface area contributed by atoms with Gasteiger partial charge in [-0.2, -0.15) is 0 Å². The summed E-state index contributed by atoms with van der Waals surface area (Å²) in [6, 6.07) is 10.8. The van der Waals surface area contributed by atoms with E-state index in [9.17, 15) is 10.2 Å². The fourth-order valence-electron chi connectivity index (χ4n) is 4.95. The topological polar surface area (TPSA) is 159 Å². The van der Waals surface area contributed by atoms with Gasteiger partial charge in [0.2, 0.25) is 11.8 Å². The maximum atomic E-state index is 9.44. The molecule has 2 aliphatic rings. The van der Waals surface area contributed by atoms with Crippen LogP contribution in [0.4, 0.5) is 0 Å². The van der Waals surface area contributed by atoms with Gasteiger partial charge < -0.3 is 30.3 Å². The van der Waals surface area contributed by atoms with E-state index in [2.05, 4.69) is 40.6 Å². The molecule has 226 valence electrons. The van der Waals surface area contributed by atoms with Crippen LogP contribution in [0, 0.1) is 0 Å². The van der Waals surface area contributed by atoms with Gasteiger partial charge in [-0.25, -0.2) is 19.9 Å². The van der Waals surface area contributed by atoms with Gasteiger partial charge in [0.1, 0.15) is 0 Å². The smallest absolute Gasteiger partial charge is 0.244 e. The summed E-state index contributed by atoms with van der Waals surface area (Å²) in [5.74, 6) is 1.57. The third-order valence-electron chi connectivity index (χ3n) is 7.22. The van der Waals surface area contributed by atoms with Crippen LogP contribution >= 0.6 is 23.2 Å². The second kappa shape index (κ2) is 12.7. The minimum absolute atomic E-state index is 0.0442. The Balaban J connectivity index is 1.34. The summed E-state index contributed by atoms with van der Waals surface area (Å²) in [6.07, 6.45) is 3.21. The molecule has 0 bridgehead atoms. The van der Waals surface area contributed by atoms with Crippen molar-refractivity contribution in [2.45, 2.75) is 12.1 Å². The molecule has 2 aromatic carbocycles. The van der Waals surface area contributed by atoms with Crippen LogP contribution in [0.2, 0.25) is 10.0 Å². The maximum Gasteiger partial charge on any atom is 0.244 e. The van der Waals surface area contributed by atoms with Gasteiger partial charge in [0.25, 0.3) is 0 Å². The number of hydrogen-bond donors (Lipinski definition) is 4. The monoisotopic (exact) mass is 634 g/mol. The zero-order valence-corrected chi connectivity index (χ0v) is 25.3. The highest BCUT2D eigenvalue weighted by molar-refractivity contribution is 6.39. The van der Waals surface area contributed by atoms with E-state index in [0.29, 0.717) is 79.8 Å². The van der Waals surface area contributed by atoms with Crippen LogP contribution in [0.5, 0.6) is 11.8 Å². The molecule has 2 atom stereocenters. The molecule has 4 N–H and O–H groups in total. The van der Waals surface area contributed by atoms with Crippen molar-refractivity contribution < 1.29 is 19.7 Å². The molecule has 14 heteroatoms. The number of aliphatic hydroxyl groups is 2. The molecule has 4 heterocycles. The van der Waals surface area contributed by atoms with Crippen LogP contribution in [0.25, 0.3) is 33.6 Å². The summed E-state index contributed by atoms with van der Waals surface area (Å²) in [6.45, 7) is 0.785. The highest BCUT2D eigenvalue weighted by Gasteiger charge is 2.25. The van der Waals surface area contributed by atoms with Crippen molar-refractivity contribution >= 4 is 34.9 Å². The maximum absolute atomic E-state index is 9.44. The number of methoxy groups -OCH3 is 2. The summed E-state index contributed by atoms with van der Waals surface area (Å²) in [5.41, 5.74) is 4.53. The largest absolute Gasteiger partial charge is 0.479 e. The van der Waals surface area contributed by atoms with Gasteiger partial charge in [0, 0.05) is 22.3 Å². The zero-order valence-electron chi connectivity index (χ0n) is 23.8. The highest BCUT2D eigenvalue weighted by Crippen LogP contribution is 2.42. The number of halogens is 2. The molecule has 0 radical (unpaired) electrons. The standard InChI is InChI=1S/C30H28Cl2N8O4/c1-43-29-25(27-35-9-15(13-41)37-27)33-11-21(39-29)19-7-3-5-17(23(19)31)18-6-4-8-20(24(18)32)22-12-34-26(30(40-22)44-2)28-36-10-16(14-42)38-28/h3-8,11-12,15-16,41-42H,9-10,13-14H2,1-2H3,(H,35,37)(H,36,38)/t15-,16-/m0/s1. The van der Waals surface area contributed by atoms with E-state index < -0.39 is 0 Å². The minimum atomic E-state index is -0.175. The Morgan fingerprint density at radius 2 is 1.11 bits per heavy atom. The molecular weight excluding hydrogens is 607 g/mol. The van der Waals surface area contributed by atoms with E-state index in [1.807, 2.05) is 36.4 Å². The second-order valence-corrected chi connectivity index (χ2v) is 10.7. The number of nitrogens with one attached hydrogen (secondary N) is 2. The van der Waals surface area contributed by atoms with Crippen LogP contribution in [0.1, 0.15) is 11.4 Å². The molecule has 2 aliphatic heterocycles. The Kier molecular flexibility index (Phi) is 8.58. The van der Waals surface area contributed by atoms with Gasteiger partial charge in [-0.3, -0.25) is 9.98 Å². The van der Waals surface area contributed by atoms with Crippen molar-refractivity contribution in [1.29, 1.82) is 0 Å². The van der Waals surface area contributed by atoms with E-state index in [4.69, 9.17) is 32.7 Å². The fourth-order valence-corrected chi connectivity index (χ4v) is 5.60. The van der Waals surface area contributed by atoms with Gasteiger partial charge in [-0.1, -0.05) is 59.6 Å². The lowest BCUT2D eigenvalue weighted by molar-refractivity contribution is 0.263. The van der Waals surface area contributed by atoms with Crippen molar-refractivity contribution in [3.05, 3.63) is 70.2 Å². The first kappa shape index (κ1) is 29.7. The first-order chi connectivity index (χ1) is 21.4. The first-order valence-corrected chi connectivity index (χ1v) is 14.5. The average molecular weight is 636 g/mol. The minimum Gasteiger partial charge on any atom is -0.479 e. The Hall–Kier alpha value is -4.36. The Labute approximate surface area is 262 Å². The van der Waals surface area contributed by atoms with Crippen molar-refractivity contribution in [1.82, 2.24) is 30.6 Å². The van der Waals surface area contributed by atoms with Gasteiger partial charge in [0.05, 0.1) is 86.4 Å². The SMILES string of the molecule is COc1nc(-c2cccc(-c3cccc(-c4cnc(C5=NC[C@@H](CO)N5)c(OC)n4)c3Cl)c2Cl)cnc1C1=NC[C@@H](CO)N1. The summed E-state index contributed by atoms with van der Waals surface area (Å²) < 4.78 is 11.1. The number of aromatic nitrogens is 4. The van der Waals surface area contributed by atoms with Crippen LogP contribution in [-0.2, 0) is 0 Å². The average Bonchev–Trinajstić information content (AvgIpc) is 3.75. The molecule has 0 aliphatic carbocycles. The number of benzene rings is 2. The molecule has 0 spiro atoms. The molecule has 12 nitrogen and oxygen atoms in total. The van der Waals surface area contributed by atoms with Gasteiger partial charge in [0.15, 0.2) is 23.1 Å². The van der Waals surface area contributed by atoms with Crippen molar-refractivity contribution in [2.24, 2.45) is 9.98 Å². The third-order valence-corrected chi connectivity index (χ3v) is 8.03. The Bertz CT molecular complexity index is 1660. The van der Waals surface area contributed by atoms with E-state index in [0.717, 1.165) is 0 Å². The molecule has 6 rings (SSSR count). The van der Waals surface area contributed by atoms with Crippen molar-refractivity contribution in [3.63, 3.8) is 0 Å². The molecule has 0 fully saturated rings. The van der Waals surface area contributed by atoms with E-state index >= 15 is 0 Å². The Morgan fingerprint density at radius 3 is 1.48 bits per heavy atom. The van der Waals surface area contributed by atoms with Crippen molar-refractivity contribution in [3.8, 4) is 45.4 Å². The summed E-state index contributed by atoms with van der Waals surface area (Å²) >= 11 is 14.0. The van der Waals surface area contributed by atoms with Gasteiger partial charge >= 0.3 is 0 Å². The lowest BCUT2D eigenvalue weighted by atomic mass is 9.98. The number of rotatable bonds is 9. The van der Waals surface area contributed by atoms with E-state index in [1.54, 1.807) is 12.4 Å². The summed E-state index contributed by atoms with van der Waals surface area (Å²) in [7, 11) is 3.02. The quantitative estimate of drug-likeness (QED) is 0.215. The predicted molar refractivity (Wildman–Crippen MR) is 168 cm³/mol. The molecule has 4 aromatic rings. The summed E-state index contributed by atoms with van der Waals surface area (Å²) in [4.78, 5) is 27.3. The molecule has 0 saturated carbocycles. The van der Waals surface area contributed by atoms with Crippen LogP contribution in [0.15, 0.2) is 58.8 Å². The van der Waals surface area contributed by atoms with Gasteiger partial charge in [-0.15, -0.1) is 0 Å². The number of aliphatic hydroxyl groups excluding tert-OH is 2. The third kappa shape index (κ3) is 5.52. The summed E-state index contributed by atoms with van der Waals surface area (Å²) in [5, 5.41) is 26.0. The molecular formula is C30H28Cl2N8O4. The molecule has 0 unspecified atom stereocenters. The molecule has 0 saturated heterocycles. The highest BCUT2D eigenvalue weighted by atomic mass is 35.5. The normalized spacial score (nSPS) is 17.5. The van der Waals surface area contributed by atoms with Crippen LogP contribution in [-0.4, -0.2) is 94.4 Å². The zero-order chi connectivity index (χ0) is 30.8. The lowest BCUT2D eigenvalue weighted by Crippen LogP contribution is -2.34. The number of aliphatic imine (C=N–C) groups is 2. The lowest BCUT2D eigenvalue weighted by Gasteiger charge is -2.15. The second-order valence-electron chi connectivity index (χ2n) is 9.99. The molecule has 0 amide bonds. The van der Waals surface area contributed by atoms with E-state index in [1.165, 1.54) is 14.2 Å². The number of nitrogens with zero attached hydrogens (tertiary/aromatic N) is 6.